The van der Waals surface area contributed by atoms with E-state index < -0.39 is 10.8 Å². The molecule has 0 fully saturated rings. The molecular formula is C18H15BrN6O3. The van der Waals surface area contributed by atoms with Crippen molar-refractivity contribution in [1.82, 2.24) is 15.4 Å². The summed E-state index contributed by atoms with van der Waals surface area (Å²) in [5.74, 6) is -0.538. The molecule has 0 atom stereocenters. The van der Waals surface area contributed by atoms with Gasteiger partial charge in [-0.05, 0) is 29.8 Å². The van der Waals surface area contributed by atoms with Gasteiger partial charge >= 0.3 is 5.69 Å². The van der Waals surface area contributed by atoms with Gasteiger partial charge in [-0.3, -0.25) is 25.8 Å². The van der Waals surface area contributed by atoms with Crippen molar-refractivity contribution in [1.29, 1.82) is 0 Å². The minimum absolute atomic E-state index is 0.0456. The molecule has 9 nitrogen and oxygen atoms in total. The lowest BCUT2D eigenvalue weighted by atomic mass is 10.2. The monoisotopic (exact) mass is 442 g/mol. The summed E-state index contributed by atoms with van der Waals surface area (Å²) in [6.07, 6.45) is 1.18. The summed E-state index contributed by atoms with van der Waals surface area (Å²) in [6.45, 7) is 0.351. The van der Waals surface area contributed by atoms with Crippen molar-refractivity contribution in [3.05, 3.63) is 86.6 Å². The van der Waals surface area contributed by atoms with Crippen molar-refractivity contribution in [3.8, 4) is 0 Å². The standard InChI is InChI=1S/C18H15BrN6O3/c19-14-8-6-13(7-9-14)18(26)24-23-17-15(25(27)28)16(21-11-22-17)20-10-12-4-2-1-3-5-12/h1-9,11H,10H2,(H,24,26)(H2,20,21,22,23). The van der Waals surface area contributed by atoms with Crippen molar-refractivity contribution < 1.29 is 9.72 Å². The number of aromatic nitrogens is 2. The lowest BCUT2D eigenvalue weighted by Gasteiger charge is -2.11. The first kappa shape index (κ1) is 19.2. The van der Waals surface area contributed by atoms with Crippen LogP contribution < -0.4 is 16.2 Å². The minimum atomic E-state index is -0.610. The zero-order chi connectivity index (χ0) is 19.9. The number of carbonyl (C=O) groups excluding carboxylic acids is 1. The molecule has 0 aliphatic heterocycles. The van der Waals surface area contributed by atoms with Crippen LogP contribution >= 0.6 is 15.9 Å². The Morgan fingerprint density at radius 3 is 2.39 bits per heavy atom. The highest BCUT2D eigenvalue weighted by molar-refractivity contribution is 9.10. The predicted octanol–water partition coefficient (Wildman–Crippen LogP) is 3.52. The molecule has 1 aromatic heterocycles. The van der Waals surface area contributed by atoms with Crippen LogP contribution in [0.3, 0.4) is 0 Å². The van der Waals surface area contributed by atoms with Gasteiger partial charge in [-0.15, -0.1) is 0 Å². The molecule has 2 aromatic carbocycles. The Morgan fingerprint density at radius 1 is 1.04 bits per heavy atom. The summed E-state index contributed by atoms with van der Waals surface area (Å²) >= 11 is 3.29. The lowest BCUT2D eigenvalue weighted by molar-refractivity contribution is -0.383. The molecule has 0 bridgehead atoms. The van der Waals surface area contributed by atoms with Gasteiger partial charge in [0.25, 0.3) is 5.91 Å². The third kappa shape index (κ3) is 4.80. The van der Waals surface area contributed by atoms with E-state index in [0.29, 0.717) is 12.1 Å². The number of hydrazine groups is 1. The van der Waals surface area contributed by atoms with Crippen molar-refractivity contribution in [2.75, 3.05) is 10.7 Å². The van der Waals surface area contributed by atoms with Gasteiger partial charge in [0.15, 0.2) is 0 Å². The molecule has 1 amide bonds. The van der Waals surface area contributed by atoms with Gasteiger partial charge in [0, 0.05) is 16.6 Å². The molecule has 0 unspecified atom stereocenters. The maximum absolute atomic E-state index is 12.2. The van der Waals surface area contributed by atoms with Crippen LogP contribution in [0, 0.1) is 10.1 Å². The molecule has 10 heteroatoms. The highest BCUT2D eigenvalue weighted by atomic mass is 79.9. The molecule has 142 valence electrons. The lowest BCUT2D eigenvalue weighted by Crippen LogP contribution is -2.30. The predicted molar refractivity (Wildman–Crippen MR) is 108 cm³/mol. The number of nitrogens with zero attached hydrogens (tertiary/aromatic N) is 3. The van der Waals surface area contributed by atoms with Crippen LogP contribution in [-0.2, 0) is 6.54 Å². The number of rotatable bonds is 7. The van der Waals surface area contributed by atoms with E-state index in [1.807, 2.05) is 30.3 Å². The van der Waals surface area contributed by atoms with Crippen LogP contribution in [0.5, 0.6) is 0 Å². The van der Waals surface area contributed by atoms with Gasteiger partial charge in [-0.1, -0.05) is 46.3 Å². The number of anilines is 2. The highest BCUT2D eigenvalue weighted by Gasteiger charge is 2.23. The Balaban J connectivity index is 1.74. The van der Waals surface area contributed by atoms with E-state index in [1.54, 1.807) is 24.3 Å². The Morgan fingerprint density at radius 2 is 1.71 bits per heavy atom. The molecule has 0 saturated heterocycles. The number of benzene rings is 2. The first-order valence-electron chi connectivity index (χ1n) is 8.13. The number of nitrogens with one attached hydrogen (secondary N) is 3. The largest absolute Gasteiger partial charge is 0.360 e. The molecule has 28 heavy (non-hydrogen) atoms. The number of hydrogen-bond donors (Lipinski definition) is 3. The first-order chi connectivity index (χ1) is 13.5. The van der Waals surface area contributed by atoms with Crippen LogP contribution in [0.2, 0.25) is 0 Å². The van der Waals surface area contributed by atoms with Crippen molar-refractivity contribution in [2.24, 2.45) is 0 Å². The smallest absolute Gasteiger partial charge is 0.354 e. The molecule has 0 aliphatic rings. The number of hydrogen-bond acceptors (Lipinski definition) is 7. The second-order valence-corrected chi connectivity index (χ2v) is 6.52. The molecule has 1 heterocycles. The molecule has 0 spiro atoms. The van der Waals surface area contributed by atoms with E-state index in [9.17, 15) is 14.9 Å². The Hall–Kier alpha value is -3.53. The van der Waals surface area contributed by atoms with Crippen LogP contribution in [0.1, 0.15) is 15.9 Å². The molecule has 3 rings (SSSR count). The maximum Gasteiger partial charge on any atom is 0.354 e. The van der Waals surface area contributed by atoms with Gasteiger partial charge in [0.05, 0.1) is 4.92 Å². The Bertz CT molecular complexity index is 982. The number of amides is 1. The third-order valence-electron chi connectivity index (χ3n) is 3.71. The summed E-state index contributed by atoms with van der Waals surface area (Å²) in [5, 5.41) is 14.5. The number of carbonyl (C=O) groups is 1. The molecule has 0 aliphatic carbocycles. The second-order valence-electron chi connectivity index (χ2n) is 5.60. The van der Waals surface area contributed by atoms with E-state index in [4.69, 9.17) is 0 Å². The summed E-state index contributed by atoms with van der Waals surface area (Å²) in [6, 6.07) is 16.1. The summed E-state index contributed by atoms with van der Waals surface area (Å²) in [7, 11) is 0. The van der Waals surface area contributed by atoms with E-state index in [0.717, 1.165) is 10.0 Å². The van der Waals surface area contributed by atoms with E-state index >= 15 is 0 Å². The fourth-order valence-electron chi connectivity index (χ4n) is 2.34. The quantitative estimate of drug-likeness (QED) is 0.377. The SMILES string of the molecule is O=C(NNc1ncnc(NCc2ccccc2)c1[N+](=O)[O-])c1ccc(Br)cc1. The van der Waals surface area contributed by atoms with Gasteiger partial charge in [-0.2, -0.15) is 0 Å². The zero-order valence-electron chi connectivity index (χ0n) is 14.4. The Labute approximate surface area is 168 Å². The van der Waals surface area contributed by atoms with Crippen LogP contribution in [0.15, 0.2) is 65.4 Å². The average molecular weight is 443 g/mol. The minimum Gasteiger partial charge on any atom is -0.360 e. The van der Waals surface area contributed by atoms with Gasteiger partial charge < -0.3 is 5.32 Å². The second kappa shape index (κ2) is 8.91. The normalized spacial score (nSPS) is 10.2. The molecule has 0 saturated carbocycles. The molecule has 3 N–H and O–H groups in total. The fourth-order valence-corrected chi connectivity index (χ4v) is 2.61. The topological polar surface area (TPSA) is 122 Å². The van der Waals surface area contributed by atoms with Gasteiger partial charge in [0.1, 0.15) is 6.33 Å². The summed E-state index contributed by atoms with van der Waals surface area (Å²) in [4.78, 5) is 30.9. The van der Waals surface area contributed by atoms with E-state index in [1.165, 1.54) is 6.33 Å². The zero-order valence-corrected chi connectivity index (χ0v) is 16.0. The molecule has 3 aromatic rings. The van der Waals surface area contributed by atoms with Crippen LogP contribution in [0.25, 0.3) is 0 Å². The Kier molecular flexibility index (Phi) is 6.12. The first-order valence-corrected chi connectivity index (χ1v) is 8.93. The summed E-state index contributed by atoms with van der Waals surface area (Å²) < 4.78 is 0.831. The molecule has 0 radical (unpaired) electrons. The van der Waals surface area contributed by atoms with Crippen LogP contribution in [-0.4, -0.2) is 20.8 Å². The fraction of sp³-hybridized carbons (Fsp3) is 0.0556. The van der Waals surface area contributed by atoms with Crippen molar-refractivity contribution in [3.63, 3.8) is 0 Å². The third-order valence-corrected chi connectivity index (χ3v) is 4.24. The van der Waals surface area contributed by atoms with Crippen molar-refractivity contribution >= 4 is 39.2 Å². The highest BCUT2D eigenvalue weighted by Crippen LogP contribution is 2.28. The van der Waals surface area contributed by atoms with E-state index in [2.05, 4.69) is 42.1 Å². The van der Waals surface area contributed by atoms with Crippen molar-refractivity contribution in [2.45, 2.75) is 6.54 Å². The summed E-state index contributed by atoms with van der Waals surface area (Å²) in [5.41, 5.74) is 5.86. The average Bonchev–Trinajstić information content (AvgIpc) is 2.71. The number of nitro groups is 1. The van der Waals surface area contributed by atoms with E-state index in [-0.39, 0.29) is 17.3 Å². The number of halogens is 1. The maximum atomic E-state index is 12.2. The van der Waals surface area contributed by atoms with Gasteiger partial charge in [-0.25, -0.2) is 9.97 Å². The molecular weight excluding hydrogens is 428 g/mol. The van der Waals surface area contributed by atoms with Gasteiger partial charge in [0.2, 0.25) is 11.6 Å². The van der Waals surface area contributed by atoms with Crippen LogP contribution in [0.4, 0.5) is 17.3 Å².